The van der Waals surface area contributed by atoms with Crippen molar-refractivity contribution in [2.75, 3.05) is 0 Å². The molecule has 1 heterocycles. The first-order chi connectivity index (χ1) is 5.93. The van der Waals surface area contributed by atoms with Crippen LogP contribution < -0.4 is 0 Å². The van der Waals surface area contributed by atoms with Gasteiger partial charge in [-0.2, -0.15) is 0 Å². The van der Waals surface area contributed by atoms with Gasteiger partial charge in [-0.1, -0.05) is 13.8 Å². The van der Waals surface area contributed by atoms with E-state index in [0.717, 1.165) is 11.3 Å². The second-order valence-corrected chi connectivity index (χ2v) is 3.89. The number of carbonyl (C=O) groups is 1. The SMILES string of the molecule is Cc1ccoc1C(C)(C)CC(=O)O. The number of carboxylic acid groups (broad SMARTS) is 1. The third-order valence-corrected chi connectivity index (χ3v) is 2.07. The first-order valence-electron chi connectivity index (χ1n) is 4.20. The van der Waals surface area contributed by atoms with Gasteiger partial charge in [-0.05, 0) is 18.6 Å². The van der Waals surface area contributed by atoms with Crippen LogP contribution in [0.25, 0.3) is 0 Å². The van der Waals surface area contributed by atoms with E-state index in [1.54, 1.807) is 6.26 Å². The van der Waals surface area contributed by atoms with E-state index in [1.807, 2.05) is 26.8 Å². The summed E-state index contributed by atoms with van der Waals surface area (Å²) in [5.74, 6) is -0.0456. The van der Waals surface area contributed by atoms with Crippen molar-refractivity contribution in [3.05, 3.63) is 23.7 Å². The van der Waals surface area contributed by atoms with E-state index in [-0.39, 0.29) is 6.42 Å². The standard InChI is InChI=1S/C10H14O3/c1-7-4-5-13-9(7)10(2,3)6-8(11)12/h4-5H,6H2,1-3H3,(H,11,12). The highest BCUT2D eigenvalue weighted by molar-refractivity contribution is 5.68. The zero-order chi connectivity index (χ0) is 10.1. The van der Waals surface area contributed by atoms with Crippen molar-refractivity contribution in [3.8, 4) is 0 Å². The summed E-state index contributed by atoms with van der Waals surface area (Å²) < 4.78 is 5.27. The molecule has 1 rings (SSSR count). The van der Waals surface area contributed by atoms with Gasteiger partial charge < -0.3 is 9.52 Å². The fourth-order valence-corrected chi connectivity index (χ4v) is 1.52. The molecule has 13 heavy (non-hydrogen) atoms. The van der Waals surface area contributed by atoms with Gasteiger partial charge in [0.05, 0.1) is 12.7 Å². The number of carboxylic acids is 1. The molecule has 0 unspecified atom stereocenters. The number of hydrogen-bond donors (Lipinski definition) is 1. The minimum atomic E-state index is -0.805. The minimum absolute atomic E-state index is 0.0847. The van der Waals surface area contributed by atoms with Crippen LogP contribution in [0.5, 0.6) is 0 Å². The summed E-state index contributed by atoms with van der Waals surface area (Å²) in [7, 11) is 0. The predicted molar refractivity (Wildman–Crippen MR) is 48.7 cm³/mol. The Balaban J connectivity index is 2.93. The fraction of sp³-hybridized carbons (Fsp3) is 0.500. The lowest BCUT2D eigenvalue weighted by Crippen LogP contribution is -2.21. The maximum atomic E-state index is 10.6. The Morgan fingerprint density at radius 1 is 1.62 bits per heavy atom. The predicted octanol–water partition coefficient (Wildman–Crippen LogP) is 2.34. The van der Waals surface area contributed by atoms with E-state index in [1.165, 1.54) is 0 Å². The highest BCUT2D eigenvalue weighted by atomic mass is 16.4. The molecule has 3 nitrogen and oxygen atoms in total. The molecule has 1 aromatic heterocycles. The average Bonchev–Trinajstić information content (AvgIpc) is 2.32. The summed E-state index contributed by atoms with van der Waals surface area (Å²) in [6.07, 6.45) is 1.68. The van der Waals surface area contributed by atoms with Crippen molar-refractivity contribution in [1.82, 2.24) is 0 Å². The Bertz CT molecular complexity index is 310. The van der Waals surface area contributed by atoms with Crippen LogP contribution in [0.15, 0.2) is 16.7 Å². The summed E-state index contributed by atoms with van der Waals surface area (Å²) >= 11 is 0. The molecule has 1 aromatic rings. The summed E-state index contributed by atoms with van der Waals surface area (Å²) in [5.41, 5.74) is 0.575. The van der Waals surface area contributed by atoms with Gasteiger partial charge in [0.1, 0.15) is 5.76 Å². The van der Waals surface area contributed by atoms with Crippen LogP contribution in [0.1, 0.15) is 31.6 Å². The van der Waals surface area contributed by atoms with Crippen molar-refractivity contribution in [3.63, 3.8) is 0 Å². The molecule has 0 aliphatic carbocycles. The number of hydrogen-bond acceptors (Lipinski definition) is 2. The smallest absolute Gasteiger partial charge is 0.304 e. The average molecular weight is 182 g/mol. The van der Waals surface area contributed by atoms with Gasteiger partial charge in [-0.25, -0.2) is 0 Å². The van der Waals surface area contributed by atoms with E-state index >= 15 is 0 Å². The van der Waals surface area contributed by atoms with Gasteiger partial charge in [-0.15, -0.1) is 0 Å². The Labute approximate surface area is 77.4 Å². The molecule has 0 atom stereocenters. The maximum absolute atomic E-state index is 10.6. The third-order valence-electron chi connectivity index (χ3n) is 2.07. The number of rotatable bonds is 3. The molecule has 0 fully saturated rings. The molecule has 0 aromatic carbocycles. The van der Waals surface area contributed by atoms with E-state index < -0.39 is 11.4 Å². The molecule has 72 valence electrons. The van der Waals surface area contributed by atoms with Gasteiger partial charge in [-0.3, -0.25) is 4.79 Å². The Morgan fingerprint density at radius 2 is 2.23 bits per heavy atom. The highest BCUT2D eigenvalue weighted by Crippen LogP contribution is 2.30. The van der Waals surface area contributed by atoms with Gasteiger partial charge in [0.15, 0.2) is 0 Å². The van der Waals surface area contributed by atoms with E-state index in [0.29, 0.717) is 0 Å². The molecule has 0 aliphatic heterocycles. The van der Waals surface area contributed by atoms with E-state index in [4.69, 9.17) is 9.52 Å². The molecule has 0 saturated heterocycles. The molecule has 0 spiro atoms. The molecule has 1 N–H and O–H groups in total. The lowest BCUT2D eigenvalue weighted by Gasteiger charge is -2.20. The molecule has 0 saturated carbocycles. The summed E-state index contributed by atoms with van der Waals surface area (Å²) in [6.45, 7) is 5.66. The number of aliphatic carboxylic acids is 1. The molecular formula is C10H14O3. The second-order valence-electron chi connectivity index (χ2n) is 3.89. The van der Waals surface area contributed by atoms with Gasteiger partial charge in [0, 0.05) is 5.41 Å². The monoisotopic (exact) mass is 182 g/mol. The van der Waals surface area contributed by atoms with Crippen molar-refractivity contribution in [2.24, 2.45) is 0 Å². The lowest BCUT2D eigenvalue weighted by atomic mass is 9.85. The molecule has 3 heteroatoms. The van der Waals surface area contributed by atoms with Crippen LogP contribution in [-0.4, -0.2) is 11.1 Å². The lowest BCUT2D eigenvalue weighted by molar-refractivity contribution is -0.138. The molecule has 0 radical (unpaired) electrons. The molecular weight excluding hydrogens is 168 g/mol. The summed E-state index contributed by atoms with van der Waals surface area (Å²) in [4.78, 5) is 10.6. The van der Waals surface area contributed by atoms with E-state index in [2.05, 4.69) is 0 Å². The van der Waals surface area contributed by atoms with Gasteiger partial charge >= 0.3 is 5.97 Å². The minimum Gasteiger partial charge on any atom is -0.481 e. The normalized spacial score (nSPS) is 11.6. The first kappa shape index (κ1) is 9.84. The Hall–Kier alpha value is -1.25. The largest absolute Gasteiger partial charge is 0.481 e. The topological polar surface area (TPSA) is 50.4 Å². The number of furan rings is 1. The molecule has 0 amide bonds. The second kappa shape index (κ2) is 3.24. The zero-order valence-corrected chi connectivity index (χ0v) is 8.13. The van der Waals surface area contributed by atoms with Crippen molar-refractivity contribution in [1.29, 1.82) is 0 Å². The van der Waals surface area contributed by atoms with Gasteiger partial charge in [0.2, 0.25) is 0 Å². The quantitative estimate of drug-likeness (QED) is 0.780. The Kier molecular flexibility index (Phi) is 2.45. The highest BCUT2D eigenvalue weighted by Gasteiger charge is 2.28. The van der Waals surface area contributed by atoms with Crippen molar-refractivity contribution >= 4 is 5.97 Å². The fourth-order valence-electron chi connectivity index (χ4n) is 1.52. The van der Waals surface area contributed by atoms with Crippen LogP contribution in [0.4, 0.5) is 0 Å². The van der Waals surface area contributed by atoms with Crippen LogP contribution in [0, 0.1) is 6.92 Å². The number of aryl methyl sites for hydroxylation is 1. The summed E-state index contributed by atoms with van der Waals surface area (Å²) in [5, 5.41) is 8.70. The van der Waals surface area contributed by atoms with Gasteiger partial charge in [0.25, 0.3) is 0 Å². The third kappa shape index (κ3) is 2.11. The Morgan fingerprint density at radius 3 is 2.62 bits per heavy atom. The van der Waals surface area contributed by atoms with E-state index in [9.17, 15) is 4.79 Å². The summed E-state index contributed by atoms with van der Waals surface area (Å²) in [6, 6.07) is 1.85. The van der Waals surface area contributed by atoms with Crippen LogP contribution in [0.3, 0.4) is 0 Å². The first-order valence-corrected chi connectivity index (χ1v) is 4.20. The van der Waals surface area contributed by atoms with Crippen molar-refractivity contribution < 1.29 is 14.3 Å². The molecule has 0 bridgehead atoms. The molecule has 0 aliphatic rings. The maximum Gasteiger partial charge on any atom is 0.304 e. The van der Waals surface area contributed by atoms with Crippen molar-refractivity contribution in [2.45, 2.75) is 32.6 Å². The zero-order valence-electron chi connectivity index (χ0n) is 8.13. The van der Waals surface area contributed by atoms with Crippen LogP contribution >= 0.6 is 0 Å². The van der Waals surface area contributed by atoms with Crippen LogP contribution in [-0.2, 0) is 10.2 Å². The van der Waals surface area contributed by atoms with Crippen LogP contribution in [0.2, 0.25) is 0 Å².